The maximum Gasteiger partial charge on any atom is 0.242 e. The molecule has 1 fully saturated rings. The minimum absolute atomic E-state index is 0.199. The van der Waals surface area contributed by atoms with Crippen molar-refractivity contribution in [2.45, 2.75) is 42.4 Å². The zero-order valence-corrected chi connectivity index (χ0v) is 15.5. The van der Waals surface area contributed by atoms with Gasteiger partial charge in [-0.1, -0.05) is 48.5 Å². The molecule has 25 heavy (non-hydrogen) atoms. The lowest BCUT2D eigenvalue weighted by atomic mass is 9.98. The van der Waals surface area contributed by atoms with E-state index in [4.69, 9.17) is 0 Å². The Morgan fingerprint density at radius 3 is 1.96 bits per heavy atom. The normalized spacial score (nSPS) is 21.6. The number of carbonyl (C=O) groups is 1. The molecule has 4 nitrogen and oxygen atoms in total. The van der Waals surface area contributed by atoms with Gasteiger partial charge in [-0.2, -0.15) is 0 Å². The Bertz CT molecular complexity index is 855. The third-order valence-electron chi connectivity index (χ3n) is 4.70. The number of hydrogen-bond donors (Lipinski definition) is 0. The summed E-state index contributed by atoms with van der Waals surface area (Å²) in [6.07, 6.45) is 0. The Morgan fingerprint density at radius 2 is 1.44 bits per heavy atom. The summed E-state index contributed by atoms with van der Waals surface area (Å²) in [5.41, 5.74) is 0.456. The lowest BCUT2D eigenvalue weighted by Gasteiger charge is -2.32. The Balaban J connectivity index is 2.11. The molecule has 1 aliphatic heterocycles. The molecule has 0 bridgehead atoms. The molecule has 0 aliphatic carbocycles. The standard InChI is InChI=1S/C20H23NO3S/c1-20(2,3)21-14-17(15-10-6-4-7-11-15)18(19(21)22)25(23,24)16-12-8-5-9-13-16/h4-13,17-18H,14H2,1-3H3/t17-,18-/m0/s1. The van der Waals surface area contributed by atoms with Crippen LogP contribution >= 0.6 is 0 Å². The molecule has 5 heteroatoms. The Morgan fingerprint density at radius 1 is 0.920 bits per heavy atom. The summed E-state index contributed by atoms with van der Waals surface area (Å²) < 4.78 is 26.5. The molecule has 0 N–H and O–H groups in total. The van der Waals surface area contributed by atoms with Crippen molar-refractivity contribution in [3.8, 4) is 0 Å². The second-order valence-electron chi connectivity index (χ2n) is 7.42. The molecule has 1 amide bonds. The van der Waals surface area contributed by atoms with E-state index in [1.807, 2.05) is 51.1 Å². The molecule has 1 heterocycles. The Hall–Kier alpha value is -2.14. The number of likely N-dealkylation sites (tertiary alicyclic amines) is 1. The summed E-state index contributed by atoms with van der Waals surface area (Å²) in [7, 11) is -3.77. The van der Waals surface area contributed by atoms with Crippen LogP contribution < -0.4 is 0 Å². The largest absolute Gasteiger partial charge is 0.336 e. The Labute approximate surface area is 149 Å². The van der Waals surface area contributed by atoms with Crippen LogP contribution in [0.15, 0.2) is 65.6 Å². The SMILES string of the molecule is CC(C)(C)N1C[C@@H](c2ccccc2)[C@H](S(=O)(=O)c2ccccc2)C1=O. The molecule has 1 aliphatic rings. The van der Waals surface area contributed by atoms with Gasteiger partial charge < -0.3 is 4.90 Å². The first kappa shape index (κ1) is 17.7. The topological polar surface area (TPSA) is 54.5 Å². The zero-order chi connectivity index (χ0) is 18.2. The zero-order valence-electron chi connectivity index (χ0n) is 14.7. The highest BCUT2D eigenvalue weighted by atomic mass is 32.2. The van der Waals surface area contributed by atoms with Gasteiger partial charge in [-0.3, -0.25) is 4.79 Å². The summed E-state index contributed by atoms with van der Waals surface area (Å²) in [4.78, 5) is 15.0. The lowest BCUT2D eigenvalue weighted by Crippen LogP contribution is -2.45. The van der Waals surface area contributed by atoms with E-state index in [1.165, 1.54) is 0 Å². The van der Waals surface area contributed by atoms with E-state index in [2.05, 4.69) is 0 Å². The van der Waals surface area contributed by atoms with Crippen molar-refractivity contribution < 1.29 is 13.2 Å². The second-order valence-corrected chi connectivity index (χ2v) is 9.48. The number of hydrogen-bond acceptors (Lipinski definition) is 3. The highest BCUT2D eigenvalue weighted by Crippen LogP contribution is 2.38. The summed E-state index contributed by atoms with van der Waals surface area (Å²) in [5.74, 6) is -0.691. The highest BCUT2D eigenvalue weighted by Gasteiger charge is 2.51. The van der Waals surface area contributed by atoms with E-state index in [9.17, 15) is 13.2 Å². The molecule has 2 atom stereocenters. The average Bonchev–Trinajstić information content (AvgIpc) is 2.95. The van der Waals surface area contributed by atoms with Crippen molar-refractivity contribution in [3.05, 3.63) is 66.2 Å². The minimum atomic E-state index is -3.77. The predicted molar refractivity (Wildman–Crippen MR) is 98.1 cm³/mol. The van der Waals surface area contributed by atoms with Gasteiger partial charge in [-0.15, -0.1) is 0 Å². The van der Waals surface area contributed by atoms with Gasteiger partial charge in [0, 0.05) is 18.0 Å². The van der Waals surface area contributed by atoms with Crippen molar-refractivity contribution in [3.63, 3.8) is 0 Å². The molecule has 2 aromatic carbocycles. The third kappa shape index (κ3) is 3.21. The van der Waals surface area contributed by atoms with Crippen molar-refractivity contribution in [2.24, 2.45) is 0 Å². The van der Waals surface area contributed by atoms with Crippen molar-refractivity contribution in [1.82, 2.24) is 4.90 Å². The van der Waals surface area contributed by atoms with Gasteiger partial charge in [0.15, 0.2) is 15.1 Å². The van der Waals surface area contributed by atoms with Crippen LogP contribution in [0, 0.1) is 0 Å². The maximum atomic E-state index is 13.3. The number of sulfone groups is 1. The van der Waals surface area contributed by atoms with Crippen LogP contribution in [0.2, 0.25) is 0 Å². The molecule has 0 saturated carbocycles. The second kappa shape index (κ2) is 6.30. The van der Waals surface area contributed by atoms with Gasteiger partial charge in [0.1, 0.15) is 0 Å². The molecule has 0 aromatic heterocycles. The molecule has 0 unspecified atom stereocenters. The molecular weight excluding hydrogens is 334 g/mol. The third-order valence-corrected chi connectivity index (χ3v) is 6.83. The molecule has 0 spiro atoms. The monoisotopic (exact) mass is 357 g/mol. The van der Waals surface area contributed by atoms with Crippen molar-refractivity contribution >= 4 is 15.7 Å². The van der Waals surface area contributed by atoms with Crippen molar-refractivity contribution in [2.75, 3.05) is 6.54 Å². The fourth-order valence-corrected chi connectivity index (χ4v) is 5.30. The number of amides is 1. The number of carbonyl (C=O) groups excluding carboxylic acids is 1. The fourth-order valence-electron chi connectivity index (χ4n) is 3.40. The van der Waals surface area contributed by atoms with Crippen LogP contribution in [0.25, 0.3) is 0 Å². The molecule has 1 saturated heterocycles. The van der Waals surface area contributed by atoms with E-state index >= 15 is 0 Å². The first-order valence-corrected chi connectivity index (χ1v) is 9.93. The van der Waals surface area contributed by atoms with Crippen LogP contribution in [0.1, 0.15) is 32.3 Å². The number of benzene rings is 2. The first-order chi connectivity index (χ1) is 11.7. The van der Waals surface area contributed by atoms with Crippen LogP contribution in [-0.2, 0) is 14.6 Å². The van der Waals surface area contributed by atoms with E-state index < -0.39 is 20.6 Å². The molecular formula is C20H23NO3S. The van der Waals surface area contributed by atoms with Gasteiger partial charge in [0.2, 0.25) is 5.91 Å². The molecule has 2 aromatic rings. The minimum Gasteiger partial charge on any atom is -0.336 e. The van der Waals surface area contributed by atoms with Crippen LogP contribution in [0.3, 0.4) is 0 Å². The highest BCUT2D eigenvalue weighted by molar-refractivity contribution is 7.92. The van der Waals surface area contributed by atoms with Crippen LogP contribution in [0.4, 0.5) is 0 Å². The lowest BCUT2D eigenvalue weighted by molar-refractivity contribution is -0.131. The van der Waals surface area contributed by atoms with Gasteiger partial charge >= 0.3 is 0 Å². The number of rotatable bonds is 3. The maximum absolute atomic E-state index is 13.3. The first-order valence-electron chi connectivity index (χ1n) is 8.38. The molecule has 132 valence electrons. The van der Waals surface area contributed by atoms with Crippen LogP contribution in [-0.4, -0.2) is 36.6 Å². The quantitative estimate of drug-likeness (QED) is 0.847. The van der Waals surface area contributed by atoms with E-state index in [-0.39, 0.29) is 16.7 Å². The van der Waals surface area contributed by atoms with Crippen LogP contribution in [0.5, 0.6) is 0 Å². The Kier molecular flexibility index (Phi) is 4.45. The summed E-state index contributed by atoms with van der Waals surface area (Å²) in [6, 6.07) is 17.7. The predicted octanol–water partition coefficient (Wildman–Crippen LogP) is 3.25. The van der Waals surface area contributed by atoms with E-state index in [1.54, 1.807) is 35.2 Å². The summed E-state index contributed by atoms with van der Waals surface area (Å²) in [5, 5.41) is -1.09. The van der Waals surface area contributed by atoms with E-state index in [0.29, 0.717) is 6.54 Å². The molecule has 0 radical (unpaired) electrons. The van der Waals surface area contributed by atoms with Crippen molar-refractivity contribution in [1.29, 1.82) is 0 Å². The van der Waals surface area contributed by atoms with Gasteiger partial charge in [0.05, 0.1) is 4.90 Å². The number of nitrogens with zero attached hydrogens (tertiary/aromatic N) is 1. The summed E-state index contributed by atoms with van der Waals surface area (Å²) >= 11 is 0. The van der Waals surface area contributed by atoms with Gasteiger partial charge in [-0.05, 0) is 38.5 Å². The smallest absolute Gasteiger partial charge is 0.242 e. The van der Waals surface area contributed by atoms with Gasteiger partial charge in [-0.25, -0.2) is 8.42 Å². The summed E-state index contributed by atoms with van der Waals surface area (Å²) in [6.45, 7) is 6.21. The van der Waals surface area contributed by atoms with E-state index in [0.717, 1.165) is 5.56 Å². The average molecular weight is 357 g/mol. The molecule has 3 rings (SSSR count). The van der Waals surface area contributed by atoms with Gasteiger partial charge in [0.25, 0.3) is 0 Å². The fraction of sp³-hybridized carbons (Fsp3) is 0.350.